The summed E-state index contributed by atoms with van der Waals surface area (Å²) in [6.45, 7) is 0.884. The lowest BCUT2D eigenvalue weighted by Crippen LogP contribution is -2.65. The molecule has 1 fully saturated rings. The zero-order valence-electron chi connectivity index (χ0n) is 13.3. The monoisotopic (exact) mass is 315 g/mol. The molecule has 0 aromatic heterocycles. The molecule has 1 saturated heterocycles. The molecule has 5 heteroatoms. The number of likely N-dealkylation sites (N-methyl/N-ethyl adjacent to an activating group) is 1. The van der Waals surface area contributed by atoms with Gasteiger partial charge < -0.3 is 19.7 Å². The van der Waals surface area contributed by atoms with Crippen LogP contribution in [-0.4, -0.2) is 54.1 Å². The Bertz CT molecular complexity index is 717. The van der Waals surface area contributed by atoms with Gasteiger partial charge in [0.15, 0.2) is 11.5 Å². The average Bonchev–Trinajstić information content (AvgIpc) is 2.90. The van der Waals surface area contributed by atoms with Crippen LogP contribution in [0.3, 0.4) is 0 Å². The number of hydrogen-bond donors (Lipinski definition) is 2. The van der Waals surface area contributed by atoms with E-state index in [4.69, 9.17) is 9.47 Å². The van der Waals surface area contributed by atoms with Crippen LogP contribution in [0.25, 0.3) is 0 Å². The summed E-state index contributed by atoms with van der Waals surface area (Å²) in [5, 5.41) is 21.6. The lowest BCUT2D eigenvalue weighted by Gasteiger charge is -2.57. The van der Waals surface area contributed by atoms with E-state index in [1.807, 2.05) is 18.2 Å². The molecule has 2 aliphatic heterocycles. The number of aliphatic hydroxyl groups excluding tert-OH is 2. The number of ether oxygens (including phenoxy) is 2. The van der Waals surface area contributed by atoms with Gasteiger partial charge in [-0.1, -0.05) is 18.2 Å². The largest absolute Gasteiger partial charge is 0.493 e. The smallest absolute Gasteiger partial charge is 0.166 e. The second kappa shape index (κ2) is 4.29. The van der Waals surface area contributed by atoms with Crippen molar-refractivity contribution in [3.63, 3.8) is 0 Å². The van der Waals surface area contributed by atoms with Crippen LogP contribution in [-0.2, 0) is 5.41 Å². The molecule has 2 N–H and O–H groups in total. The lowest BCUT2D eigenvalue weighted by molar-refractivity contribution is -0.0823. The summed E-state index contributed by atoms with van der Waals surface area (Å²) in [5.41, 5.74) is 1.73. The van der Waals surface area contributed by atoms with Crippen LogP contribution in [0, 0.1) is 5.92 Å². The van der Waals surface area contributed by atoms with Crippen molar-refractivity contribution in [1.29, 1.82) is 0 Å². The second-order valence-electron chi connectivity index (χ2n) is 7.21. The van der Waals surface area contributed by atoms with Gasteiger partial charge in [-0.15, -0.1) is 0 Å². The predicted molar refractivity (Wildman–Crippen MR) is 83.7 cm³/mol. The number of rotatable bonds is 1. The summed E-state index contributed by atoms with van der Waals surface area (Å²) in [5.74, 6) is 1.54. The average molecular weight is 315 g/mol. The normalized spacial score (nSPS) is 43.0. The zero-order chi connectivity index (χ0) is 15.9. The van der Waals surface area contributed by atoms with Crippen molar-refractivity contribution in [2.24, 2.45) is 5.92 Å². The second-order valence-corrected chi connectivity index (χ2v) is 7.21. The van der Waals surface area contributed by atoms with Crippen LogP contribution in [0.2, 0.25) is 0 Å². The van der Waals surface area contributed by atoms with E-state index in [0.717, 1.165) is 24.1 Å². The van der Waals surface area contributed by atoms with Gasteiger partial charge in [0.25, 0.3) is 0 Å². The minimum absolute atomic E-state index is 0.0189. The molecule has 2 bridgehead atoms. The maximum absolute atomic E-state index is 11.0. The van der Waals surface area contributed by atoms with Gasteiger partial charge in [0.1, 0.15) is 12.2 Å². The van der Waals surface area contributed by atoms with Gasteiger partial charge in [-0.2, -0.15) is 0 Å². The summed E-state index contributed by atoms with van der Waals surface area (Å²) < 4.78 is 11.7. The van der Waals surface area contributed by atoms with Gasteiger partial charge in [-0.05, 0) is 31.6 Å². The molecular weight excluding hydrogens is 294 g/mol. The first kappa shape index (κ1) is 13.8. The van der Waals surface area contributed by atoms with E-state index in [0.29, 0.717) is 11.5 Å². The van der Waals surface area contributed by atoms with Gasteiger partial charge in [-0.25, -0.2) is 0 Å². The molecule has 1 aromatic rings. The number of nitrogens with zero attached hydrogens (tertiary/aromatic N) is 1. The number of benzene rings is 1. The van der Waals surface area contributed by atoms with Crippen molar-refractivity contribution in [3.05, 3.63) is 35.4 Å². The number of piperidine rings is 1. The van der Waals surface area contributed by atoms with Crippen molar-refractivity contribution in [2.75, 3.05) is 20.7 Å². The SMILES string of the molecule is COc1ccc2c3c1OC1C(O)C=CC4C(C2O)N(C)CCC341. The first-order valence-corrected chi connectivity index (χ1v) is 8.22. The molecule has 6 unspecified atom stereocenters. The Kier molecular flexibility index (Phi) is 2.58. The standard InChI is InChI=1S/C18H21NO4/c1-19-8-7-18-10-4-5-11(20)17(18)23-16-12(22-2)6-3-9(13(16)18)15(21)14(10)19/h3-6,10-11,14-15,17,20-21H,7-8H2,1-2H3. The quantitative estimate of drug-likeness (QED) is 0.757. The third kappa shape index (κ3) is 1.40. The van der Waals surface area contributed by atoms with Gasteiger partial charge in [0.05, 0.1) is 13.2 Å². The molecule has 23 heavy (non-hydrogen) atoms. The summed E-state index contributed by atoms with van der Waals surface area (Å²) in [6.07, 6.45) is 3.35. The van der Waals surface area contributed by atoms with Crippen molar-refractivity contribution >= 4 is 0 Å². The lowest BCUT2D eigenvalue weighted by atomic mass is 9.52. The predicted octanol–water partition coefficient (Wildman–Crippen LogP) is 0.992. The number of methoxy groups -OCH3 is 1. The zero-order valence-corrected chi connectivity index (χ0v) is 13.3. The van der Waals surface area contributed by atoms with E-state index >= 15 is 0 Å². The van der Waals surface area contributed by atoms with Crippen LogP contribution >= 0.6 is 0 Å². The van der Waals surface area contributed by atoms with Crippen molar-refractivity contribution in [1.82, 2.24) is 4.90 Å². The first-order chi connectivity index (χ1) is 11.1. The van der Waals surface area contributed by atoms with E-state index in [-0.39, 0.29) is 23.5 Å². The van der Waals surface area contributed by atoms with E-state index < -0.39 is 12.2 Å². The van der Waals surface area contributed by atoms with Crippen molar-refractivity contribution < 1.29 is 19.7 Å². The van der Waals surface area contributed by atoms with Crippen LogP contribution in [0.15, 0.2) is 24.3 Å². The summed E-state index contributed by atoms with van der Waals surface area (Å²) in [6, 6.07) is 3.84. The highest BCUT2D eigenvalue weighted by Crippen LogP contribution is 2.64. The summed E-state index contributed by atoms with van der Waals surface area (Å²) in [4.78, 5) is 2.24. The van der Waals surface area contributed by atoms with Crippen molar-refractivity contribution in [3.8, 4) is 11.5 Å². The Hall–Kier alpha value is -1.56. The molecule has 5 nitrogen and oxygen atoms in total. The number of likely N-dealkylation sites (tertiary alicyclic amines) is 1. The Labute approximate surface area is 135 Å². The Morgan fingerprint density at radius 2 is 2.13 bits per heavy atom. The minimum atomic E-state index is -0.629. The Balaban J connectivity index is 1.85. The Morgan fingerprint density at radius 1 is 1.30 bits per heavy atom. The maximum Gasteiger partial charge on any atom is 0.166 e. The van der Waals surface area contributed by atoms with E-state index in [9.17, 15) is 10.2 Å². The molecule has 122 valence electrons. The van der Waals surface area contributed by atoms with E-state index in [1.54, 1.807) is 7.11 Å². The molecule has 0 saturated carbocycles. The molecule has 2 aliphatic carbocycles. The molecule has 6 atom stereocenters. The van der Waals surface area contributed by atoms with Crippen molar-refractivity contribution in [2.45, 2.75) is 36.2 Å². The summed E-state index contributed by atoms with van der Waals surface area (Å²) in [7, 11) is 3.70. The van der Waals surface area contributed by atoms with E-state index in [1.165, 1.54) is 0 Å². The molecule has 0 amide bonds. The van der Waals surface area contributed by atoms with Gasteiger partial charge >= 0.3 is 0 Å². The fourth-order valence-electron chi connectivity index (χ4n) is 5.45. The molecule has 0 radical (unpaired) electrons. The maximum atomic E-state index is 11.0. The van der Waals surface area contributed by atoms with Crippen LogP contribution in [0.5, 0.6) is 11.5 Å². The summed E-state index contributed by atoms with van der Waals surface area (Å²) >= 11 is 0. The first-order valence-electron chi connectivity index (χ1n) is 8.22. The fraction of sp³-hybridized carbons (Fsp3) is 0.556. The highest BCUT2D eigenvalue weighted by Gasteiger charge is 2.66. The fourth-order valence-corrected chi connectivity index (χ4v) is 5.45. The molecule has 1 aromatic carbocycles. The molecule has 5 rings (SSSR count). The highest BCUT2D eigenvalue weighted by molar-refractivity contribution is 5.62. The Morgan fingerprint density at radius 3 is 2.91 bits per heavy atom. The topological polar surface area (TPSA) is 62.2 Å². The third-order valence-corrected chi connectivity index (χ3v) is 6.41. The van der Waals surface area contributed by atoms with Gasteiger partial charge in [0.2, 0.25) is 0 Å². The van der Waals surface area contributed by atoms with E-state index in [2.05, 4.69) is 18.0 Å². The van der Waals surface area contributed by atoms with Gasteiger partial charge in [-0.3, -0.25) is 4.90 Å². The highest BCUT2D eigenvalue weighted by atomic mass is 16.5. The van der Waals surface area contributed by atoms with Crippen LogP contribution in [0.1, 0.15) is 23.7 Å². The van der Waals surface area contributed by atoms with Crippen LogP contribution < -0.4 is 9.47 Å². The number of aliphatic hydroxyl groups is 2. The number of hydrogen-bond acceptors (Lipinski definition) is 5. The third-order valence-electron chi connectivity index (χ3n) is 6.41. The molecule has 4 aliphatic rings. The van der Waals surface area contributed by atoms with Crippen LogP contribution in [0.4, 0.5) is 0 Å². The molecule has 1 spiro atoms. The van der Waals surface area contributed by atoms with Gasteiger partial charge in [0, 0.05) is 22.9 Å². The minimum Gasteiger partial charge on any atom is -0.493 e. The molecule has 2 heterocycles. The molecular formula is C18H21NO4.